The van der Waals surface area contributed by atoms with Gasteiger partial charge in [-0.05, 0) is 12.8 Å². The van der Waals surface area contributed by atoms with E-state index in [2.05, 4.69) is 5.32 Å². The molecule has 2 N–H and O–H groups in total. The number of carboxylic acids is 1. The fourth-order valence-electron chi connectivity index (χ4n) is 1.96. The number of aliphatic carboxylic acids is 1. The molecular weight excluding hydrogens is 238 g/mol. The standard InChI is InChI=1S/C11H19N3O4/c1-12-9(15)5-7-13(2)11(18)14-6-3-4-8(14)10(16)17/h8H,3-7H2,1-2H3,(H,12,15)(H,16,17)/t8-/m0/s1. The molecule has 102 valence electrons. The second kappa shape index (κ2) is 6.23. The van der Waals surface area contributed by atoms with Gasteiger partial charge >= 0.3 is 12.0 Å². The Morgan fingerprint density at radius 3 is 2.67 bits per heavy atom. The molecule has 0 radical (unpaired) electrons. The molecule has 0 aromatic heterocycles. The molecule has 1 aliphatic rings. The number of hydrogen-bond acceptors (Lipinski definition) is 3. The van der Waals surface area contributed by atoms with Gasteiger partial charge in [0.15, 0.2) is 0 Å². The van der Waals surface area contributed by atoms with Gasteiger partial charge in [0.05, 0.1) is 0 Å². The van der Waals surface area contributed by atoms with E-state index in [0.29, 0.717) is 19.4 Å². The van der Waals surface area contributed by atoms with Gasteiger partial charge in [-0.1, -0.05) is 0 Å². The summed E-state index contributed by atoms with van der Waals surface area (Å²) in [7, 11) is 3.10. The Hall–Kier alpha value is -1.79. The highest BCUT2D eigenvalue weighted by atomic mass is 16.4. The number of urea groups is 1. The van der Waals surface area contributed by atoms with Crippen LogP contribution in [0.25, 0.3) is 0 Å². The number of carboxylic acid groups (broad SMARTS) is 1. The number of carbonyl (C=O) groups is 3. The Morgan fingerprint density at radius 2 is 2.11 bits per heavy atom. The van der Waals surface area contributed by atoms with Crippen LogP contribution in [0.3, 0.4) is 0 Å². The number of carbonyl (C=O) groups excluding carboxylic acids is 2. The van der Waals surface area contributed by atoms with Crippen molar-refractivity contribution in [1.82, 2.24) is 15.1 Å². The summed E-state index contributed by atoms with van der Waals surface area (Å²) in [6.07, 6.45) is 1.40. The van der Waals surface area contributed by atoms with Crippen LogP contribution in [0.15, 0.2) is 0 Å². The maximum atomic E-state index is 12.0. The first-order chi connectivity index (χ1) is 8.47. The lowest BCUT2D eigenvalue weighted by Gasteiger charge is -2.27. The molecule has 1 heterocycles. The molecule has 18 heavy (non-hydrogen) atoms. The average Bonchev–Trinajstić information content (AvgIpc) is 2.83. The van der Waals surface area contributed by atoms with Crippen molar-refractivity contribution >= 4 is 17.9 Å². The van der Waals surface area contributed by atoms with Gasteiger partial charge in [-0.15, -0.1) is 0 Å². The molecule has 0 aromatic carbocycles. The molecule has 1 atom stereocenters. The summed E-state index contributed by atoms with van der Waals surface area (Å²) in [5, 5.41) is 11.5. The van der Waals surface area contributed by atoms with Gasteiger partial charge in [-0.2, -0.15) is 0 Å². The highest BCUT2D eigenvalue weighted by Crippen LogP contribution is 2.18. The quantitative estimate of drug-likeness (QED) is 0.725. The second-order valence-electron chi connectivity index (χ2n) is 4.32. The molecule has 1 rings (SSSR count). The van der Waals surface area contributed by atoms with Crippen LogP contribution < -0.4 is 5.32 Å². The van der Waals surface area contributed by atoms with Gasteiger partial charge in [0.1, 0.15) is 6.04 Å². The van der Waals surface area contributed by atoms with Crippen LogP contribution in [-0.4, -0.2) is 66.0 Å². The molecule has 0 bridgehead atoms. The number of rotatable bonds is 4. The molecule has 0 saturated carbocycles. The molecule has 1 saturated heterocycles. The Morgan fingerprint density at radius 1 is 1.44 bits per heavy atom. The summed E-state index contributed by atoms with van der Waals surface area (Å²) in [6.45, 7) is 0.738. The number of amides is 3. The van der Waals surface area contributed by atoms with E-state index in [1.54, 1.807) is 7.05 Å². The molecule has 0 aromatic rings. The predicted octanol–water partition coefficient (Wildman–Crippen LogP) is -0.277. The Kier molecular flexibility index (Phi) is 4.94. The summed E-state index contributed by atoms with van der Waals surface area (Å²) in [6, 6.07) is -1.07. The zero-order valence-electron chi connectivity index (χ0n) is 10.7. The van der Waals surface area contributed by atoms with E-state index in [1.165, 1.54) is 16.8 Å². The number of nitrogens with one attached hydrogen (secondary N) is 1. The average molecular weight is 257 g/mol. The zero-order valence-corrected chi connectivity index (χ0v) is 10.7. The fourth-order valence-corrected chi connectivity index (χ4v) is 1.96. The van der Waals surface area contributed by atoms with Gasteiger partial charge in [0.2, 0.25) is 5.91 Å². The van der Waals surface area contributed by atoms with Gasteiger partial charge in [-0.25, -0.2) is 9.59 Å². The van der Waals surface area contributed by atoms with E-state index in [4.69, 9.17) is 5.11 Å². The minimum Gasteiger partial charge on any atom is -0.480 e. The van der Waals surface area contributed by atoms with E-state index in [0.717, 1.165) is 0 Å². The molecule has 0 unspecified atom stereocenters. The van der Waals surface area contributed by atoms with Gasteiger partial charge in [-0.3, -0.25) is 4.79 Å². The molecule has 7 nitrogen and oxygen atoms in total. The predicted molar refractivity (Wildman–Crippen MR) is 64.1 cm³/mol. The van der Waals surface area contributed by atoms with E-state index in [-0.39, 0.29) is 24.9 Å². The van der Waals surface area contributed by atoms with Gasteiger partial charge in [0.25, 0.3) is 0 Å². The van der Waals surface area contributed by atoms with Crippen molar-refractivity contribution in [3.63, 3.8) is 0 Å². The molecular formula is C11H19N3O4. The van der Waals surface area contributed by atoms with Crippen LogP contribution >= 0.6 is 0 Å². The van der Waals surface area contributed by atoms with E-state index >= 15 is 0 Å². The van der Waals surface area contributed by atoms with Crippen LogP contribution in [0, 0.1) is 0 Å². The lowest BCUT2D eigenvalue weighted by atomic mass is 10.2. The van der Waals surface area contributed by atoms with Crippen molar-refractivity contribution in [2.45, 2.75) is 25.3 Å². The van der Waals surface area contributed by atoms with Crippen molar-refractivity contribution < 1.29 is 19.5 Å². The lowest BCUT2D eigenvalue weighted by Crippen LogP contribution is -2.47. The Balaban J connectivity index is 2.52. The zero-order chi connectivity index (χ0) is 13.7. The largest absolute Gasteiger partial charge is 0.480 e. The first kappa shape index (κ1) is 14.3. The van der Waals surface area contributed by atoms with Crippen LogP contribution in [0.5, 0.6) is 0 Å². The summed E-state index contributed by atoms with van der Waals surface area (Å²) in [5.74, 6) is -1.12. The summed E-state index contributed by atoms with van der Waals surface area (Å²) in [4.78, 5) is 36.8. The van der Waals surface area contributed by atoms with E-state index in [9.17, 15) is 14.4 Å². The summed E-state index contributed by atoms with van der Waals surface area (Å²) < 4.78 is 0. The second-order valence-corrected chi connectivity index (χ2v) is 4.32. The molecule has 1 aliphatic heterocycles. The summed E-state index contributed by atoms with van der Waals surface area (Å²) in [5.41, 5.74) is 0. The molecule has 0 aliphatic carbocycles. The van der Waals surface area contributed by atoms with Crippen LogP contribution in [0.2, 0.25) is 0 Å². The van der Waals surface area contributed by atoms with Crippen molar-refractivity contribution in [2.75, 3.05) is 27.2 Å². The molecule has 1 fully saturated rings. The SMILES string of the molecule is CNC(=O)CCN(C)C(=O)N1CCC[C@H]1C(=O)O. The number of hydrogen-bond donors (Lipinski definition) is 2. The highest BCUT2D eigenvalue weighted by molar-refractivity contribution is 5.83. The van der Waals surface area contributed by atoms with Crippen LogP contribution in [-0.2, 0) is 9.59 Å². The first-order valence-electron chi connectivity index (χ1n) is 5.92. The molecule has 3 amide bonds. The van der Waals surface area contributed by atoms with Crippen molar-refractivity contribution in [3.05, 3.63) is 0 Å². The van der Waals surface area contributed by atoms with Crippen molar-refractivity contribution in [3.8, 4) is 0 Å². The Bertz CT molecular complexity index is 345. The third kappa shape index (κ3) is 3.35. The lowest BCUT2D eigenvalue weighted by molar-refractivity contribution is -0.141. The minimum absolute atomic E-state index is 0.147. The maximum Gasteiger partial charge on any atom is 0.326 e. The fraction of sp³-hybridized carbons (Fsp3) is 0.727. The number of nitrogens with zero attached hydrogens (tertiary/aromatic N) is 2. The third-order valence-corrected chi connectivity index (χ3v) is 3.06. The topological polar surface area (TPSA) is 90.0 Å². The third-order valence-electron chi connectivity index (χ3n) is 3.06. The van der Waals surface area contributed by atoms with Crippen molar-refractivity contribution in [2.24, 2.45) is 0 Å². The van der Waals surface area contributed by atoms with Gasteiger partial charge < -0.3 is 20.2 Å². The van der Waals surface area contributed by atoms with Crippen LogP contribution in [0.4, 0.5) is 4.79 Å². The maximum absolute atomic E-state index is 12.0. The summed E-state index contributed by atoms with van der Waals surface area (Å²) >= 11 is 0. The smallest absolute Gasteiger partial charge is 0.326 e. The van der Waals surface area contributed by atoms with Crippen molar-refractivity contribution in [1.29, 1.82) is 0 Å². The number of likely N-dealkylation sites (tertiary alicyclic amines) is 1. The van der Waals surface area contributed by atoms with Crippen LogP contribution in [0.1, 0.15) is 19.3 Å². The monoisotopic (exact) mass is 257 g/mol. The minimum atomic E-state index is -0.972. The Labute approximate surface area is 106 Å². The first-order valence-corrected chi connectivity index (χ1v) is 5.92. The molecule has 7 heteroatoms. The van der Waals surface area contributed by atoms with E-state index in [1.807, 2.05) is 0 Å². The molecule has 0 spiro atoms. The van der Waals surface area contributed by atoms with Gasteiger partial charge in [0, 0.05) is 33.6 Å². The highest BCUT2D eigenvalue weighted by Gasteiger charge is 2.35. The van der Waals surface area contributed by atoms with E-state index < -0.39 is 12.0 Å². The normalized spacial score (nSPS) is 18.6.